The smallest absolute Gasteiger partial charge is 0.421 e. The van der Waals surface area contributed by atoms with Crippen LogP contribution in [0.2, 0.25) is 0 Å². The highest BCUT2D eigenvalue weighted by Crippen LogP contribution is 2.03. The molecule has 23 heavy (non-hydrogen) atoms. The number of rotatable bonds is 6. The van der Waals surface area contributed by atoms with Crippen molar-refractivity contribution in [3.63, 3.8) is 0 Å². The number of hydrazine groups is 1. The summed E-state index contributed by atoms with van der Waals surface area (Å²) in [6.45, 7) is 6.00. The molecule has 2 rings (SSSR count). The highest BCUT2D eigenvalue weighted by molar-refractivity contribution is 6.04. The molecule has 1 aliphatic heterocycles. The Kier molecular flexibility index (Phi) is 6.77. The second kappa shape index (κ2) is 9.07. The molecule has 0 unspecified atom stereocenters. The molecular formula is C17H23N3O3. The lowest BCUT2D eigenvalue weighted by atomic mass is 10.1. The van der Waals surface area contributed by atoms with E-state index < -0.39 is 6.09 Å². The summed E-state index contributed by atoms with van der Waals surface area (Å²) < 4.78 is 4.85. The summed E-state index contributed by atoms with van der Waals surface area (Å²) >= 11 is 0. The maximum Gasteiger partial charge on any atom is 0.421 e. The molecule has 0 saturated carbocycles. The Labute approximate surface area is 136 Å². The quantitative estimate of drug-likeness (QED) is 0.639. The number of carbonyl (C=O) groups excluding carboxylic acids is 2. The third-order valence-corrected chi connectivity index (χ3v) is 3.59. The predicted octanol–water partition coefficient (Wildman–Crippen LogP) is 1.70. The second-order valence-electron chi connectivity index (χ2n) is 5.25. The minimum Gasteiger partial charge on any atom is -0.449 e. The standard InChI is InChI=1S/C17H23N3O3/c1-2-23-17(22)18-20-13-11-19(12-14-20)10-6-9-16(21)15-7-4-3-5-8-15/h3-9H,2,10-14H2,1H3,(H,18,22). The molecule has 0 aromatic heterocycles. The Morgan fingerprint density at radius 3 is 2.52 bits per heavy atom. The number of nitrogens with one attached hydrogen (secondary N) is 1. The van der Waals surface area contributed by atoms with Gasteiger partial charge in [-0.15, -0.1) is 0 Å². The normalized spacial score (nSPS) is 16.4. The summed E-state index contributed by atoms with van der Waals surface area (Å²) in [6.07, 6.45) is 3.11. The number of nitrogens with zero attached hydrogens (tertiary/aromatic N) is 2. The molecule has 0 atom stereocenters. The summed E-state index contributed by atoms with van der Waals surface area (Å²) in [6, 6.07) is 9.23. The van der Waals surface area contributed by atoms with E-state index in [1.165, 1.54) is 0 Å². The highest BCUT2D eigenvalue weighted by atomic mass is 16.6. The molecule has 0 spiro atoms. The summed E-state index contributed by atoms with van der Waals surface area (Å²) in [5.74, 6) is 0.0215. The number of ether oxygens (including phenoxy) is 1. The van der Waals surface area contributed by atoms with Crippen LogP contribution in [0.1, 0.15) is 17.3 Å². The van der Waals surface area contributed by atoms with E-state index in [-0.39, 0.29) is 5.78 Å². The third-order valence-electron chi connectivity index (χ3n) is 3.59. The molecular weight excluding hydrogens is 294 g/mol. The van der Waals surface area contributed by atoms with Gasteiger partial charge in [-0.25, -0.2) is 9.80 Å². The van der Waals surface area contributed by atoms with E-state index in [0.29, 0.717) is 12.2 Å². The Morgan fingerprint density at radius 2 is 1.87 bits per heavy atom. The molecule has 1 amide bonds. The van der Waals surface area contributed by atoms with Crippen molar-refractivity contribution in [1.82, 2.24) is 15.3 Å². The van der Waals surface area contributed by atoms with Crippen LogP contribution < -0.4 is 5.43 Å². The first-order chi connectivity index (χ1) is 11.2. The molecule has 0 radical (unpaired) electrons. The molecule has 6 heteroatoms. The first-order valence-corrected chi connectivity index (χ1v) is 7.85. The molecule has 1 aromatic rings. The van der Waals surface area contributed by atoms with Gasteiger partial charge in [-0.1, -0.05) is 36.4 Å². The first kappa shape index (κ1) is 17.2. The zero-order valence-corrected chi connectivity index (χ0v) is 13.4. The maximum atomic E-state index is 11.9. The summed E-state index contributed by atoms with van der Waals surface area (Å²) in [7, 11) is 0. The van der Waals surface area contributed by atoms with Crippen LogP contribution in [0.25, 0.3) is 0 Å². The summed E-state index contributed by atoms with van der Waals surface area (Å²) in [5.41, 5.74) is 3.41. The Balaban J connectivity index is 1.69. The zero-order chi connectivity index (χ0) is 16.5. The Hall–Kier alpha value is -2.18. The lowest BCUT2D eigenvalue weighted by Crippen LogP contribution is -2.53. The number of carbonyl (C=O) groups is 2. The van der Waals surface area contributed by atoms with Gasteiger partial charge in [0.2, 0.25) is 0 Å². The highest BCUT2D eigenvalue weighted by Gasteiger charge is 2.17. The fraction of sp³-hybridized carbons (Fsp3) is 0.412. The lowest BCUT2D eigenvalue weighted by Gasteiger charge is -2.33. The average molecular weight is 317 g/mol. The van der Waals surface area contributed by atoms with E-state index in [1.807, 2.05) is 41.4 Å². The summed E-state index contributed by atoms with van der Waals surface area (Å²) in [4.78, 5) is 25.5. The average Bonchev–Trinajstić information content (AvgIpc) is 2.57. The van der Waals surface area contributed by atoms with E-state index in [0.717, 1.165) is 32.7 Å². The molecule has 1 aliphatic rings. The number of allylic oxidation sites excluding steroid dienone is 1. The van der Waals surface area contributed by atoms with Gasteiger partial charge in [0, 0.05) is 38.3 Å². The monoisotopic (exact) mass is 317 g/mol. The van der Waals surface area contributed by atoms with Crippen LogP contribution in [0.4, 0.5) is 4.79 Å². The largest absolute Gasteiger partial charge is 0.449 e. The van der Waals surface area contributed by atoms with Gasteiger partial charge >= 0.3 is 6.09 Å². The number of amides is 1. The van der Waals surface area contributed by atoms with Gasteiger partial charge in [0.25, 0.3) is 0 Å². The van der Waals surface area contributed by atoms with Crippen LogP contribution in [0, 0.1) is 0 Å². The number of benzene rings is 1. The van der Waals surface area contributed by atoms with Gasteiger partial charge < -0.3 is 4.74 Å². The van der Waals surface area contributed by atoms with Gasteiger partial charge in [-0.2, -0.15) is 0 Å². The minimum absolute atomic E-state index is 0.0215. The molecule has 124 valence electrons. The van der Waals surface area contributed by atoms with Crippen molar-refractivity contribution in [1.29, 1.82) is 0 Å². The van der Waals surface area contributed by atoms with Crippen molar-refractivity contribution < 1.29 is 14.3 Å². The number of ketones is 1. The third kappa shape index (κ3) is 5.84. The lowest BCUT2D eigenvalue weighted by molar-refractivity contribution is 0.0746. The molecule has 1 fully saturated rings. The molecule has 0 bridgehead atoms. The van der Waals surface area contributed by atoms with Crippen molar-refractivity contribution in [2.45, 2.75) is 6.92 Å². The Bertz CT molecular complexity index is 537. The fourth-order valence-corrected chi connectivity index (χ4v) is 2.34. The van der Waals surface area contributed by atoms with E-state index in [1.54, 1.807) is 13.0 Å². The molecule has 6 nitrogen and oxygen atoms in total. The second-order valence-corrected chi connectivity index (χ2v) is 5.25. The molecule has 1 N–H and O–H groups in total. The van der Waals surface area contributed by atoms with E-state index in [9.17, 15) is 9.59 Å². The van der Waals surface area contributed by atoms with Crippen molar-refractivity contribution in [3.8, 4) is 0 Å². The van der Waals surface area contributed by atoms with Gasteiger partial charge in [0.1, 0.15) is 0 Å². The summed E-state index contributed by atoms with van der Waals surface area (Å²) in [5, 5.41) is 1.85. The molecule has 1 aromatic carbocycles. The van der Waals surface area contributed by atoms with Gasteiger partial charge in [0.05, 0.1) is 6.61 Å². The topological polar surface area (TPSA) is 61.9 Å². The maximum absolute atomic E-state index is 11.9. The van der Waals surface area contributed by atoms with Crippen molar-refractivity contribution in [3.05, 3.63) is 48.0 Å². The Morgan fingerprint density at radius 1 is 1.17 bits per heavy atom. The van der Waals surface area contributed by atoms with Crippen LogP contribution in [0.15, 0.2) is 42.5 Å². The van der Waals surface area contributed by atoms with Gasteiger partial charge in [-0.05, 0) is 13.0 Å². The SMILES string of the molecule is CCOC(=O)NN1CCN(CC=CC(=O)c2ccccc2)CC1. The van der Waals surface area contributed by atoms with E-state index in [2.05, 4.69) is 10.3 Å². The van der Waals surface area contributed by atoms with Crippen molar-refractivity contribution in [2.24, 2.45) is 0 Å². The number of piperazine rings is 1. The van der Waals surface area contributed by atoms with Crippen LogP contribution in [-0.2, 0) is 4.74 Å². The van der Waals surface area contributed by atoms with Crippen LogP contribution in [0.3, 0.4) is 0 Å². The van der Waals surface area contributed by atoms with Crippen LogP contribution in [-0.4, -0.2) is 61.1 Å². The number of hydrogen-bond acceptors (Lipinski definition) is 5. The zero-order valence-electron chi connectivity index (χ0n) is 13.4. The fourth-order valence-electron chi connectivity index (χ4n) is 2.34. The minimum atomic E-state index is -0.408. The van der Waals surface area contributed by atoms with Crippen molar-refractivity contribution in [2.75, 3.05) is 39.3 Å². The van der Waals surface area contributed by atoms with E-state index >= 15 is 0 Å². The van der Waals surface area contributed by atoms with Gasteiger partial charge in [-0.3, -0.25) is 15.1 Å². The predicted molar refractivity (Wildman–Crippen MR) is 88.1 cm³/mol. The van der Waals surface area contributed by atoms with Crippen molar-refractivity contribution >= 4 is 11.9 Å². The van der Waals surface area contributed by atoms with Crippen LogP contribution >= 0.6 is 0 Å². The first-order valence-electron chi connectivity index (χ1n) is 7.85. The van der Waals surface area contributed by atoms with E-state index in [4.69, 9.17) is 4.74 Å². The molecule has 0 aliphatic carbocycles. The van der Waals surface area contributed by atoms with Gasteiger partial charge in [0.15, 0.2) is 5.78 Å². The molecule has 1 saturated heterocycles. The number of hydrogen-bond donors (Lipinski definition) is 1. The molecule has 1 heterocycles. The van der Waals surface area contributed by atoms with Crippen LogP contribution in [0.5, 0.6) is 0 Å².